The first-order valence-corrected chi connectivity index (χ1v) is 7.67. The van der Waals surface area contributed by atoms with Gasteiger partial charge in [-0.2, -0.15) is 0 Å². The molecule has 0 spiro atoms. The second-order valence-electron chi connectivity index (χ2n) is 3.98. The van der Waals surface area contributed by atoms with Gasteiger partial charge in [-0.05, 0) is 12.1 Å². The first-order chi connectivity index (χ1) is 8.43. The van der Waals surface area contributed by atoms with E-state index >= 15 is 0 Å². The summed E-state index contributed by atoms with van der Waals surface area (Å²) < 4.78 is 27.7. The fourth-order valence-corrected chi connectivity index (χ4v) is 2.98. The molecule has 1 atom stereocenters. The maximum atomic E-state index is 11.8. The van der Waals surface area contributed by atoms with Gasteiger partial charge in [-0.25, -0.2) is 8.42 Å². The van der Waals surface area contributed by atoms with Crippen molar-refractivity contribution in [2.45, 2.75) is 11.7 Å². The number of anilines is 1. The zero-order valence-corrected chi connectivity index (χ0v) is 11.2. The number of para-hydroxylation sites is 2. The lowest BCUT2D eigenvalue weighted by atomic mass is 10.2. The molecule has 1 aliphatic rings. The molecule has 0 saturated carbocycles. The van der Waals surface area contributed by atoms with Crippen molar-refractivity contribution in [1.29, 1.82) is 0 Å². The third kappa shape index (κ3) is 2.44. The molecule has 0 bridgehead atoms. The van der Waals surface area contributed by atoms with Crippen molar-refractivity contribution in [1.82, 2.24) is 0 Å². The number of halogens is 1. The molecule has 1 aliphatic heterocycles. The van der Waals surface area contributed by atoms with Crippen LogP contribution in [0, 0.1) is 0 Å². The van der Waals surface area contributed by atoms with Gasteiger partial charge in [0.15, 0.2) is 0 Å². The predicted molar refractivity (Wildman–Crippen MR) is 68.5 cm³/mol. The van der Waals surface area contributed by atoms with Crippen molar-refractivity contribution < 1.29 is 17.9 Å². The minimum Gasteiger partial charge on any atom is -0.495 e. The molecule has 1 aromatic rings. The Bertz CT molecular complexity index is 572. The Morgan fingerprint density at radius 1 is 1.39 bits per heavy atom. The van der Waals surface area contributed by atoms with E-state index in [1.54, 1.807) is 24.3 Å². The summed E-state index contributed by atoms with van der Waals surface area (Å²) in [6.45, 7) is 0.0606. The summed E-state index contributed by atoms with van der Waals surface area (Å²) in [7, 11) is 3.06. The molecule has 0 aliphatic carbocycles. The molecule has 1 heterocycles. The lowest BCUT2D eigenvalue weighted by Gasteiger charge is -2.18. The highest BCUT2D eigenvalue weighted by Crippen LogP contribution is 2.33. The number of nitrogens with zero attached hydrogens (tertiary/aromatic N) is 1. The van der Waals surface area contributed by atoms with Crippen LogP contribution >= 0.6 is 10.7 Å². The van der Waals surface area contributed by atoms with Gasteiger partial charge in [0.1, 0.15) is 11.0 Å². The van der Waals surface area contributed by atoms with Crippen molar-refractivity contribution in [3.8, 4) is 5.75 Å². The van der Waals surface area contributed by atoms with Crippen molar-refractivity contribution in [2.24, 2.45) is 0 Å². The Kier molecular flexibility index (Phi) is 3.49. The SMILES string of the molecule is COc1ccccc1N1CC(S(=O)(=O)Cl)CC1=O. The molecular formula is C11H12ClNO4S. The molecule has 0 N–H and O–H groups in total. The van der Waals surface area contributed by atoms with Gasteiger partial charge in [0.2, 0.25) is 15.0 Å². The molecular weight excluding hydrogens is 278 g/mol. The summed E-state index contributed by atoms with van der Waals surface area (Å²) in [6, 6.07) is 6.96. The van der Waals surface area contributed by atoms with Gasteiger partial charge in [0, 0.05) is 23.6 Å². The lowest BCUT2D eigenvalue weighted by Crippen LogP contribution is -2.27. The monoisotopic (exact) mass is 289 g/mol. The van der Waals surface area contributed by atoms with Crippen LogP contribution in [0.3, 0.4) is 0 Å². The van der Waals surface area contributed by atoms with Crippen molar-refractivity contribution in [3.63, 3.8) is 0 Å². The van der Waals surface area contributed by atoms with E-state index in [1.165, 1.54) is 12.0 Å². The molecule has 2 rings (SSSR count). The van der Waals surface area contributed by atoms with Crippen LogP contribution in [0.4, 0.5) is 5.69 Å². The van der Waals surface area contributed by atoms with Gasteiger partial charge in [-0.15, -0.1) is 0 Å². The Morgan fingerprint density at radius 2 is 2.06 bits per heavy atom. The van der Waals surface area contributed by atoms with Crippen LogP contribution in [0.1, 0.15) is 6.42 Å². The van der Waals surface area contributed by atoms with Crippen molar-refractivity contribution in [3.05, 3.63) is 24.3 Å². The summed E-state index contributed by atoms with van der Waals surface area (Å²) in [4.78, 5) is 13.2. The molecule has 1 unspecified atom stereocenters. The number of benzene rings is 1. The molecule has 7 heteroatoms. The fraction of sp³-hybridized carbons (Fsp3) is 0.364. The molecule has 0 aromatic heterocycles. The van der Waals surface area contributed by atoms with E-state index in [0.29, 0.717) is 11.4 Å². The standard InChI is InChI=1S/C11H12ClNO4S/c1-17-10-5-3-2-4-9(10)13-7-8(6-11(13)14)18(12,15)16/h2-5,8H,6-7H2,1H3. The van der Waals surface area contributed by atoms with E-state index in [2.05, 4.69) is 0 Å². The number of carbonyl (C=O) groups excluding carboxylic acids is 1. The minimum atomic E-state index is -3.73. The van der Waals surface area contributed by atoms with E-state index in [1.807, 2.05) is 0 Å². The van der Waals surface area contributed by atoms with Crippen LogP contribution in [0.25, 0.3) is 0 Å². The highest BCUT2D eigenvalue weighted by molar-refractivity contribution is 8.14. The summed E-state index contributed by atoms with van der Waals surface area (Å²) in [6.07, 6.45) is -0.0934. The van der Waals surface area contributed by atoms with Crippen molar-refractivity contribution >= 4 is 31.3 Å². The van der Waals surface area contributed by atoms with Crippen LogP contribution in [-0.4, -0.2) is 33.2 Å². The van der Waals surface area contributed by atoms with Gasteiger partial charge in [0.25, 0.3) is 0 Å². The highest BCUT2D eigenvalue weighted by atomic mass is 35.7. The van der Waals surface area contributed by atoms with Gasteiger partial charge < -0.3 is 9.64 Å². The second-order valence-corrected chi connectivity index (χ2v) is 6.89. The predicted octanol–water partition coefficient (Wildman–Crippen LogP) is 1.37. The summed E-state index contributed by atoms with van der Waals surface area (Å²) in [5.41, 5.74) is 0.563. The van der Waals surface area contributed by atoms with Gasteiger partial charge >= 0.3 is 0 Å². The molecule has 1 amide bonds. The van der Waals surface area contributed by atoms with Crippen LogP contribution in [0.2, 0.25) is 0 Å². The Balaban J connectivity index is 2.33. The van der Waals surface area contributed by atoms with E-state index in [-0.39, 0.29) is 18.9 Å². The Labute approximate surface area is 110 Å². The van der Waals surface area contributed by atoms with Crippen LogP contribution in [0.15, 0.2) is 24.3 Å². The second kappa shape index (κ2) is 4.78. The van der Waals surface area contributed by atoms with Crippen LogP contribution in [-0.2, 0) is 13.8 Å². The maximum Gasteiger partial charge on any atom is 0.237 e. The molecule has 98 valence electrons. The van der Waals surface area contributed by atoms with Crippen LogP contribution < -0.4 is 9.64 Å². The van der Waals surface area contributed by atoms with Crippen molar-refractivity contribution in [2.75, 3.05) is 18.6 Å². The number of hydrogen-bond donors (Lipinski definition) is 0. The zero-order chi connectivity index (χ0) is 13.3. The number of rotatable bonds is 3. The average molecular weight is 290 g/mol. The number of hydrogen-bond acceptors (Lipinski definition) is 4. The fourth-order valence-electron chi connectivity index (χ4n) is 1.95. The normalized spacial score (nSPS) is 20.2. The third-order valence-corrected chi connectivity index (χ3v) is 4.73. The van der Waals surface area contributed by atoms with Gasteiger partial charge in [-0.3, -0.25) is 4.79 Å². The third-order valence-electron chi connectivity index (χ3n) is 2.86. The number of ether oxygens (including phenoxy) is 1. The van der Waals surface area contributed by atoms with E-state index in [0.717, 1.165) is 0 Å². The number of methoxy groups -OCH3 is 1. The smallest absolute Gasteiger partial charge is 0.237 e. The van der Waals surface area contributed by atoms with Gasteiger partial charge in [-0.1, -0.05) is 12.1 Å². The number of amides is 1. The molecule has 1 fully saturated rings. The summed E-state index contributed by atoms with van der Waals surface area (Å²) in [5.74, 6) is 0.257. The molecule has 0 radical (unpaired) electrons. The highest BCUT2D eigenvalue weighted by Gasteiger charge is 2.38. The molecule has 5 nitrogen and oxygen atoms in total. The van der Waals surface area contributed by atoms with Gasteiger partial charge in [0.05, 0.1) is 12.8 Å². The first kappa shape index (κ1) is 13.2. The minimum absolute atomic E-state index is 0.0606. The zero-order valence-electron chi connectivity index (χ0n) is 9.67. The summed E-state index contributed by atoms with van der Waals surface area (Å²) in [5, 5.41) is -0.864. The molecule has 18 heavy (non-hydrogen) atoms. The maximum absolute atomic E-state index is 11.8. The lowest BCUT2D eigenvalue weighted by molar-refractivity contribution is -0.117. The Morgan fingerprint density at radius 3 is 2.61 bits per heavy atom. The largest absolute Gasteiger partial charge is 0.495 e. The first-order valence-electron chi connectivity index (χ1n) is 5.30. The van der Waals surface area contributed by atoms with E-state index in [9.17, 15) is 13.2 Å². The van der Waals surface area contributed by atoms with E-state index in [4.69, 9.17) is 15.4 Å². The topological polar surface area (TPSA) is 63.7 Å². The number of carbonyl (C=O) groups is 1. The Hall–Kier alpha value is -1.27. The molecule has 1 saturated heterocycles. The quantitative estimate of drug-likeness (QED) is 0.789. The molecule has 1 aromatic carbocycles. The summed E-state index contributed by atoms with van der Waals surface area (Å²) >= 11 is 0. The average Bonchev–Trinajstić information content (AvgIpc) is 2.71. The van der Waals surface area contributed by atoms with Crippen LogP contribution in [0.5, 0.6) is 5.75 Å². The van der Waals surface area contributed by atoms with E-state index < -0.39 is 14.3 Å².